The van der Waals surface area contributed by atoms with Gasteiger partial charge in [0.05, 0.1) is 0 Å². The lowest BCUT2D eigenvalue weighted by Gasteiger charge is -2.35. The average molecular weight is 184 g/mol. The largest absolute Gasteiger partial charge is 0.313 e. The van der Waals surface area contributed by atoms with Gasteiger partial charge in [-0.3, -0.25) is 0 Å². The molecule has 1 heterocycles. The van der Waals surface area contributed by atoms with Crippen LogP contribution in [0.2, 0.25) is 0 Å². The van der Waals surface area contributed by atoms with Gasteiger partial charge in [0.1, 0.15) is 0 Å². The number of likely N-dealkylation sites (tertiary alicyclic amines) is 1. The lowest BCUT2D eigenvalue weighted by atomic mass is 9.92. The number of likely N-dealkylation sites (N-methyl/N-ethyl adjacent to an activating group) is 1. The zero-order valence-corrected chi connectivity index (χ0v) is 9.34. The maximum atomic E-state index is 3.62. The van der Waals surface area contributed by atoms with Crippen LogP contribution in [0.5, 0.6) is 0 Å². The van der Waals surface area contributed by atoms with E-state index in [1.165, 1.54) is 38.9 Å². The van der Waals surface area contributed by atoms with Crippen molar-refractivity contribution < 1.29 is 0 Å². The fourth-order valence-electron chi connectivity index (χ4n) is 2.24. The van der Waals surface area contributed by atoms with E-state index in [-0.39, 0.29) is 0 Å². The summed E-state index contributed by atoms with van der Waals surface area (Å²) in [7, 11) is 2.24. The van der Waals surface area contributed by atoms with Gasteiger partial charge >= 0.3 is 0 Å². The summed E-state index contributed by atoms with van der Waals surface area (Å²) in [6.45, 7) is 8.24. The average Bonchev–Trinajstić information content (AvgIpc) is 2.14. The second-order valence-electron chi connectivity index (χ2n) is 4.38. The summed E-state index contributed by atoms with van der Waals surface area (Å²) < 4.78 is 0. The summed E-state index contributed by atoms with van der Waals surface area (Å²) in [4.78, 5) is 2.46. The van der Waals surface area contributed by atoms with Crippen LogP contribution in [-0.2, 0) is 0 Å². The van der Waals surface area contributed by atoms with Crippen molar-refractivity contribution in [3.8, 4) is 0 Å². The molecule has 0 radical (unpaired) electrons. The number of nitrogens with one attached hydrogen (secondary N) is 1. The Morgan fingerprint density at radius 1 is 1.31 bits per heavy atom. The number of piperidine rings is 1. The molecular formula is C11H24N2. The molecule has 0 amide bonds. The van der Waals surface area contributed by atoms with Crippen LogP contribution in [0.15, 0.2) is 0 Å². The SMILES string of the molecule is CCCNC1CC(CC)CN(C)C1. The highest BCUT2D eigenvalue weighted by Gasteiger charge is 2.23. The van der Waals surface area contributed by atoms with Gasteiger partial charge in [-0.15, -0.1) is 0 Å². The van der Waals surface area contributed by atoms with Crippen LogP contribution >= 0.6 is 0 Å². The van der Waals surface area contributed by atoms with Gasteiger partial charge in [-0.1, -0.05) is 20.3 Å². The van der Waals surface area contributed by atoms with Gasteiger partial charge in [-0.2, -0.15) is 0 Å². The normalized spacial score (nSPS) is 30.7. The first-order valence-electron chi connectivity index (χ1n) is 5.68. The lowest BCUT2D eigenvalue weighted by molar-refractivity contribution is 0.166. The number of hydrogen-bond acceptors (Lipinski definition) is 2. The Bertz CT molecular complexity index is 136. The minimum Gasteiger partial charge on any atom is -0.313 e. The Morgan fingerprint density at radius 3 is 2.69 bits per heavy atom. The van der Waals surface area contributed by atoms with E-state index in [0.29, 0.717) is 0 Å². The van der Waals surface area contributed by atoms with Crippen LogP contribution in [-0.4, -0.2) is 37.6 Å². The summed E-state index contributed by atoms with van der Waals surface area (Å²) >= 11 is 0. The van der Waals surface area contributed by atoms with E-state index in [9.17, 15) is 0 Å². The quantitative estimate of drug-likeness (QED) is 0.715. The van der Waals surface area contributed by atoms with E-state index in [1.54, 1.807) is 0 Å². The first kappa shape index (κ1) is 11.0. The molecule has 0 aromatic heterocycles. The van der Waals surface area contributed by atoms with Crippen LogP contribution in [0.3, 0.4) is 0 Å². The van der Waals surface area contributed by atoms with Gasteiger partial charge in [0.15, 0.2) is 0 Å². The molecule has 2 atom stereocenters. The van der Waals surface area contributed by atoms with E-state index in [1.807, 2.05) is 0 Å². The summed E-state index contributed by atoms with van der Waals surface area (Å²) in [6.07, 6.45) is 3.95. The first-order chi connectivity index (χ1) is 6.26. The summed E-state index contributed by atoms with van der Waals surface area (Å²) in [5.74, 6) is 0.910. The van der Waals surface area contributed by atoms with Crippen LogP contribution in [0, 0.1) is 5.92 Å². The van der Waals surface area contributed by atoms with E-state index in [0.717, 1.165) is 12.0 Å². The molecule has 0 spiro atoms. The Hall–Kier alpha value is -0.0800. The number of hydrogen-bond donors (Lipinski definition) is 1. The molecule has 0 aromatic rings. The number of nitrogens with zero attached hydrogens (tertiary/aromatic N) is 1. The molecule has 0 aromatic carbocycles. The van der Waals surface area contributed by atoms with Gasteiger partial charge in [0, 0.05) is 19.1 Å². The molecule has 1 rings (SSSR count). The van der Waals surface area contributed by atoms with Crippen LogP contribution in [0.1, 0.15) is 33.1 Å². The standard InChI is InChI=1S/C11H24N2/c1-4-6-12-11-7-10(5-2)8-13(3)9-11/h10-12H,4-9H2,1-3H3. The van der Waals surface area contributed by atoms with Crippen molar-refractivity contribution in [2.45, 2.75) is 39.2 Å². The molecule has 2 nitrogen and oxygen atoms in total. The molecule has 2 heteroatoms. The van der Waals surface area contributed by atoms with E-state index in [2.05, 4.69) is 31.1 Å². The topological polar surface area (TPSA) is 15.3 Å². The molecule has 1 fully saturated rings. The minimum absolute atomic E-state index is 0.739. The first-order valence-corrected chi connectivity index (χ1v) is 5.68. The fourth-order valence-corrected chi connectivity index (χ4v) is 2.24. The Labute approximate surface area is 82.7 Å². The van der Waals surface area contributed by atoms with Gasteiger partial charge in [-0.25, -0.2) is 0 Å². The monoisotopic (exact) mass is 184 g/mol. The van der Waals surface area contributed by atoms with Crippen molar-refractivity contribution in [1.82, 2.24) is 10.2 Å². The van der Waals surface area contributed by atoms with Crippen molar-refractivity contribution >= 4 is 0 Å². The Kier molecular flexibility index (Phi) is 4.74. The highest BCUT2D eigenvalue weighted by atomic mass is 15.1. The molecule has 78 valence electrons. The van der Waals surface area contributed by atoms with E-state index >= 15 is 0 Å². The third kappa shape index (κ3) is 3.65. The van der Waals surface area contributed by atoms with Crippen molar-refractivity contribution in [2.24, 2.45) is 5.92 Å². The zero-order valence-electron chi connectivity index (χ0n) is 9.34. The predicted octanol–water partition coefficient (Wildman–Crippen LogP) is 1.72. The maximum Gasteiger partial charge on any atom is 0.0198 e. The highest BCUT2D eigenvalue weighted by Crippen LogP contribution is 2.18. The zero-order chi connectivity index (χ0) is 9.68. The molecule has 0 bridgehead atoms. The van der Waals surface area contributed by atoms with Gasteiger partial charge in [-0.05, 0) is 32.4 Å². The van der Waals surface area contributed by atoms with Gasteiger partial charge < -0.3 is 10.2 Å². The molecule has 0 saturated carbocycles. The minimum atomic E-state index is 0.739. The second kappa shape index (κ2) is 5.61. The smallest absolute Gasteiger partial charge is 0.0198 e. The molecule has 1 saturated heterocycles. The van der Waals surface area contributed by atoms with Crippen LogP contribution in [0.25, 0.3) is 0 Å². The summed E-state index contributed by atoms with van der Waals surface area (Å²) in [6, 6.07) is 0.739. The Balaban J connectivity index is 2.29. The highest BCUT2D eigenvalue weighted by molar-refractivity contribution is 4.81. The molecule has 1 N–H and O–H groups in total. The van der Waals surface area contributed by atoms with Gasteiger partial charge in [0.2, 0.25) is 0 Å². The maximum absolute atomic E-state index is 3.62. The van der Waals surface area contributed by atoms with Crippen molar-refractivity contribution in [2.75, 3.05) is 26.7 Å². The molecule has 1 aliphatic rings. The van der Waals surface area contributed by atoms with Crippen molar-refractivity contribution in [1.29, 1.82) is 0 Å². The second-order valence-corrected chi connectivity index (χ2v) is 4.38. The molecule has 1 aliphatic heterocycles. The predicted molar refractivity (Wildman–Crippen MR) is 58.0 cm³/mol. The van der Waals surface area contributed by atoms with Crippen molar-refractivity contribution in [3.05, 3.63) is 0 Å². The number of rotatable bonds is 4. The van der Waals surface area contributed by atoms with Crippen LogP contribution in [0.4, 0.5) is 0 Å². The lowest BCUT2D eigenvalue weighted by Crippen LogP contribution is -2.47. The summed E-state index contributed by atoms with van der Waals surface area (Å²) in [5.41, 5.74) is 0. The molecular weight excluding hydrogens is 160 g/mol. The van der Waals surface area contributed by atoms with Crippen molar-refractivity contribution in [3.63, 3.8) is 0 Å². The molecule has 0 aliphatic carbocycles. The van der Waals surface area contributed by atoms with E-state index < -0.39 is 0 Å². The van der Waals surface area contributed by atoms with E-state index in [4.69, 9.17) is 0 Å². The molecule has 13 heavy (non-hydrogen) atoms. The third-order valence-corrected chi connectivity index (χ3v) is 2.98. The van der Waals surface area contributed by atoms with Crippen LogP contribution < -0.4 is 5.32 Å². The Morgan fingerprint density at radius 2 is 2.08 bits per heavy atom. The molecule has 2 unspecified atom stereocenters. The fraction of sp³-hybridized carbons (Fsp3) is 1.00. The van der Waals surface area contributed by atoms with Gasteiger partial charge in [0.25, 0.3) is 0 Å². The third-order valence-electron chi connectivity index (χ3n) is 2.98. The summed E-state index contributed by atoms with van der Waals surface area (Å²) in [5, 5.41) is 3.62.